The third-order valence-electron chi connectivity index (χ3n) is 10.2. The Kier molecular flexibility index (Phi) is 7.81. The van der Waals surface area contributed by atoms with Gasteiger partial charge in [-0.1, -0.05) is 68.5 Å². The van der Waals surface area contributed by atoms with E-state index in [1.807, 2.05) is 31.2 Å². The van der Waals surface area contributed by atoms with Crippen molar-refractivity contribution in [3.8, 4) is 0 Å². The summed E-state index contributed by atoms with van der Waals surface area (Å²) in [5, 5.41) is 11.7. The van der Waals surface area contributed by atoms with E-state index in [4.69, 9.17) is 14.2 Å². The molecular formula is C33H38O8. The van der Waals surface area contributed by atoms with E-state index in [1.165, 1.54) is 6.08 Å². The van der Waals surface area contributed by atoms with Crippen molar-refractivity contribution >= 4 is 23.7 Å². The highest BCUT2D eigenvalue weighted by atomic mass is 16.7. The molecule has 0 bridgehead atoms. The summed E-state index contributed by atoms with van der Waals surface area (Å²) in [6, 6.07) is 9.08. The van der Waals surface area contributed by atoms with Crippen LogP contribution in [0.4, 0.5) is 4.79 Å². The summed E-state index contributed by atoms with van der Waals surface area (Å²) in [5.74, 6) is -1.27. The fourth-order valence-electron chi connectivity index (χ4n) is 8.37. The minimum Gasteiger partial charge on any atom is -0.457 e. The van der Waals surface area contributed by atoms with Crippen molar-refractivity contribution < 1.29 is 38.5 Å². The number of fused-ring (bicyclic) bond motifs is 5. The van der Waals surface area contributed by atoms with Gasteiger partial charge >= 0.3 is 12.1 Å². The van der Waals surface area contributed by atoms with Crippen LogP contribution in [0.1, 0.15) is 51.5 Å². The zero-order chi connectivity index (χ0) is 29.4. The highest BCUT2D eigenvalue weighted by Gasteiger charge is 2.70. The molecule has 8 nitrogen and oxygen atoms in total. The quantitative estimate of drug-likeness (QED) is 0.358. The lowest BCUT2D eigenvalue weighted by molar-refractivity contribution is -0.185. The molecule has 0 aromatic heterocycles. The molecule has 0 spiro atoms. The number of aliphatic hydroxyl groups excluding tert-OH is 1. The Morgan fingerprint density at radius 2 is 1.88 bits per heavy atom. The van der Waals surface area contributed by atoms with E-state index in [2.05, 4.69) is 13.5 Å². The van der Waals surface area contributed by atoms with Crippen molar-refractivity contribution in [1.29, 1.82) is 0 Å². The molecule has 3 fully saturated rings. The molecule has 1 aromatic rings. The van der Waals surface area contributed by atoms with Gasteiger partial charge in [0, 0.05) is 16.7 Å². The summed E-state index contributed by atoms with van der Waals surface area (Å²) in [6.45, 7) is 6.90. The topological polar surface area (TPSA) is 116 Å². The van der Waals surface area contributed by atoms with Gasteiger partial charge in [-0.05, 0) is 61.7 Å². The van der Waals surface area contributed by atoms with Crippen molar-refractivity contribution in [1.82, 2.24) is 0 Å². The maximum absolute atomic E-state index is 14.0. The second kappa shape index (κ2) is 11.0. The van der Waals surface area contributed by atoms with Gasteiger partial charge in [0.25, 0.3) is 0 Å². The predicted octanol–water partition coefficient (Wildman–Crippen LogP) is 4.70. The Balaban J connectivity index is 1.42. The van der Waals surface area contributed by atoms with Crippen LogP contribution in [-0.4, -0.2) is 53.7 Å². The number of carbonyl (C=O) groups excluding carboxylic acids is 4. The number of rotatable bonds is 8. The molecule has 0 heterocycles. The zero-order valence-electron chi connectivity index (χ0n) is 23.7. The van der Waals surface area contributed by atoms with E-state index in [0.717, 1.165) is 17.6 Å². The highest BCUT2D eigenvalue weighted by Crippen LogP contribution is 2.68. The maximum atomic E-state index is 14.0. The van der Waals surface area contributed by atoms with Crippen molar-refractivity contribution in [2.45, 2.75) is 64.1 Å². The largest absolute Gasteiger partial charge is 0.509 e. The van der Waals surface area contributed by atoms with E-state index in [1.54, 1.807) is 24.3 Å². The first-order chi connectivity index (χ1) is 19.5. The minimum absolute atomic E-state index is 0.0101. The fourth-order valence-corrected chi connectivity index (χ4v) is 8.37. The van der Waals surface area contributed by atoms with E-state index in [-0.39, 0.29) is 49.4 Å². The summed E-state index contributed by atoms with van der Waals surface area (Å²) >= 11 is 0. The summed E-state index contributed by atoms with van der Waals surface area (Å²) in [6.07, 6.45) is 7.32. The minimum atomic E-state index is -1.63. The Hall–Kier alpha value is -3.52. The summed E-state index contributed by atoms with van der Waals surface area (Å²) in [7, 11) is 0. The first kappa shape index (κ1) is 29.0. The van der Waals surface area contributed by atoms with Crippen molar-refractivity contribution in [2.24, 2.45) is 28.6 Å². The lowest BCUT2D eigenvalue weighted by Crippen LogP contribution is -2.63. The fraction of sp³-hybridized carbons (Fsp3) is 0.515. The average molecular weight is 563 g/mol. The van der Waals surface area contributed by atoms with Gasteiger partial charge in [-0.2, -0.15) is 0 Å². The van der Waals surface area contributed by atoms with E-state index in [9.17, 15) is 24.3 Å². The second-order valence-corrected chi connectivity index (χ2v) is 12.3. The van der Waals surface area contributed by atoms with Crippen LogP contribution in [0.2, 0.25) is 0 Å². The molecule has 1 unspecified atom stereocenters. The van der Waals surface area contributed by atoms with Crippen LogP contribution in [0.25, 0.3) is 0 Å². The Bertz CT molecular complexity index is 1300. The van der Waals surface area contributed by atoms with Crippen LogP contribution in [0, 0.1) is 28.6 Å². The Labute approximate surface area is 240 Å². The van der Waals surface area contributed by atoms with Crippen LogP contribution in [-0.2, 0) is 35.0 Å². The van der Waals surface area contributed by atoms with Crippen molar-refractivity contribution in [2.75, 3.05) is 13.2 Å². The molecule has 3 saturated carbocycles. The number of benzene rings is 1. The van der Waals surface area contributed by atoms with E-state index >= 15 is 0 Å². The summed E-state index contributed by atoms with van der Waals surface area (Å²) in [5.41, 5.74) is -1.23. The SMILES string of the molecule is C=CCOC(=O)O[C@]1(C(=O)COC(=O)Cc2ccccc2)CC[C@H]2[C@@H]3CCC4=CC(=O)C=C[C@]4(C)[C@H]3C(O)C[C@@]21C. The number of ketones is 2. The molecule has 4 aliphatic carbocycles. The number of allylic oxidation sites excluding steroid dienone is 4. The predicted molar refractivity (Wildman–Crippen MR) is 149 cm³/mol. The normalized spacial score (nSPS) is 35.3. The van der Waals surface area contributed by atoms with Gasteiger partial charge in [0.1, 0.15) is 6.61 Å². The van der Waals surface area contributed by atoms with E-state index < -0.39 is 47.0 Å². The molecule has 8 heteroatoms. The van der Waals surface area contributed by atoms with E-state index in [0.29, 0.717) is 12.8 Å². The first-order valence-corrected chi connectivity index (χ1v) is 14.4. The van der Waals surface area contributed by atoms with Crippen molar-refractivity contribution in [3.63, 3.8) is 0 Å². The van der Waals surface area contributed by atoms with Gasteiger partial charge in [-0.25, -0.2) is 4.79 Å². The molecule has 1 aromatic carbocycles. The van der Waals surface area contributed by atoms with Crippen LogP contribution < -0.4 is 0 Å². The van der Waals surface area contributed by atoms with Gasteiger partial charge in [0.05, 0.1) is 12.5 Å². The lowest BCUT2D eigenvalue weighted by atomic mass is 9.46. The number of aliphatic hydroxyl groups is 1. The molecule has 7 atom stereocenters. The third kappa shape index (κ3) is 4.96. The molecule has 5 rings (SSSR count). The molecule has 0 radical (unpaired) electrons. The number of carbonyl (C=O) groups is 4. The number of hydrogen-bond donors (Lipinski definition) is 1. The molecular weight excluding hydrogens is 524 g/mol. The standard InChI is InChI=1S/C33H38O8/c1-4-16-39-30(38)41-33(27(36)20-40-28(37)17-21-8-6-5-7-9-21)15-13-25-24-11-10-22-18-23(34)12-14-31(22,2)29(24)26(35)19-32(25,33)3/h4-9,12,14,18,24-26,29,35H,1,10-11,13,15-17,19-20H2,2-3H3/t24-,25-,26?,29+,31-,32-,33-/m0/s1. The number of ether oxygens (including phenoxy) is 3. The van der Waals surface area contributed by atoms with Crippen LogP contribution >= 0.6 is 0 Å². The molecule has 1 N–H and O–H groups in total. The molecule has 0 amide bonds. The molecule has 0 aliphatic heterocycles. The smallest absolute Gasteiger partial charge is 0.457 e. The van der Waals surface area contributed by atoms with Crippen LogP contribution in [0.5, 0.6) is 0 Å². The second-order valence-electron chi connectivity index (χ2n) is 12.3. The zero-order valence-corrected chi connectivity index (χ0v) is 23.7. The van der Waals surface area contributed by atoms with Gasteiger partial charge in [-0.3, -0.25) is 14.4 Å². The van der Waals surface area contributed by atoms with Gasteiger partial charge in [0.15, 0.2) is 18.0 Å². The van der Waals surface area contributed by atoms with Gasteiger partial charge < -0.3 is 19.3 Å². The molecule has 41 heavy (non-hydrogen) atoms. The summed E-state index contributed by atoms with van der Waals surface area (Å²) < 4.78 is 16.5. The monoisotopic (exact) mass is 562 g/mol. The molecule has 0 saturated heterocycles. The van der Waals surface area contributed by atoms with Crippen molar-refractivity contribution in [3.05, 3.63) is 72.4 Å². The van der Waals surface area contributed by atoms with Crippen LogP contribution in [0.15, 0.2) is 66.8 Å². The number of esters is 1. The Morgan fingerprint density at radius 3 is 2.61 bits per heavy atom. The lowest BCUT2D eigenvalue weighted by Gasteiger charge is -2.59. The average Bonchev–Trinajstić information content (AvgIpc) is 3.23. The maximum Gasteiger partial charge on any atom is 0.509 e. The number of hydrogen-bond acceptors (Lipinski definition) is 8. The molecule has 218 valence electrons. The summed E-state index contributed by atoms with van der Waals surface area (Å²) in [4.78, 5) is 51.6. The first-order valence-electron chi connectivity index (χ1n) is 14.4. The third-order valence-corrected chi connectivity index (χ3v) is 10.2. The highest BCUT2D eigenvalue weighted by molar-refractivity contribution is 6.01. The number of Topliss-reactive ketones (excluding diaryl/α,β-unsaturated/α-hetero) is 1. The van der Waals surface area contributed by atoms with Gasteiger partial charge in [-0.15, -0.1) is 0 Å². The van der Waals surface area contributed by atoms with Gasteiger partial charge in [0.2, 0.25) is 5.78 Å². The molecule has 4 aliphatic rings. The Morgan fingerprint density at radius 1 is 1.12 bits per heavy atom. The van der Waals surface area contributed by atoms with Crippen LogP contribution in [0.3, 0.4) is 0 Å².